The van der Waals surface area contributed by atoms with E-state index in [9.17, 15) is 9.00 Å². The lowest BCUT2D eigenvalue weighted by Gasteiger charge is -2.07. The molecule has 0 aliphatic rings. The number of anilines is 2. The molecule has 4 nitrogen and oxygen atoms in total. The lowest BCUT2D eigenvalue weighted by atomic mass is 10.2. The summed E-state index contributed by atoms with van der Waals surface area (Å²) in [6.45, 7) is 3.84. The predicted molar refractivity (Wildman–Crippen MR) is 76.9 cm³/mol. The monoisotopic (exact) mass is 268 g/mol. The summed E-state index contributed by atoms with van der Waals surface area (Å²) in [5.74, 6) is 0.521. The fourth-order valence-electron chi connectivity index (χ4n) is 1.40. The summed E-state index contributed by atoms with van der Waals surface area (Å²) in [4.78, 5) is 11.6. The first kappa shape index (κ1) is 14.7. The van der Waals surface area contributed by atoms with Gasteiger partial charge in [-0.2, -0.15) is 0 Å². The van der Waals surface area contributed by atoms with Crippen LogP contribution >= 0.6 is 0 Å². The number of nitrogens with one attached hydrogen (secondary N) is 1. The van der Waals surface area contributed by atoms with Gasteiger partial charge in [0.05, 0.1) is 0 Å². The fourth-order valence-corrected chi connectivity index (χ4v) is 2.30. The Morgan fingerprint density at radius 1 is 1.33 bits per heavy atom. The second-order valence-electron chi connectivity index (χ2n) is 4.41. The Kier molecular flexibility index (Phi) is 5.85. The first-order valence-electron chi connectivity index (χ1n) is 6.01. The molecule has 0 aliphatic heterocycles. The van der Waals surface area contributed by atoms with Crippen molar-refractivity contribution >= 4 is 28.1 Å². The van der Waals surface area contributed by atoms with E-state index in [2.05, 4.69) is 5.32 Å². The first-order valence-corrected chi connectivity index (χ1v) is 7.40. The number of amides is 1. The predicted octanol–water partition coefficient (Wildman–Crippen LogP) is 2.14. The van der Waals surface area contributed by atoms with Crippen LogP contribution in [0, 0.1) is 0 Å². The van der Waals surface area contributed by atoms with Crippen molar-refractivity contribution in [3.63, 3.8) is 0 Å². The summed E-state index contributed by atoms with van der Waals surface area (Å²) < 4.78 is 11.5. The molecule has 0 saturated carbocycles. The topological polar surface area (TPSA) is 72.2 Å². The quantitative estimate of drug-likeness (QED) is 0.776. The fraction of sp³-hybridized carbons (Fsp3) is 0.462. The van der Waals surface area contributed by atoms with Gasteiger partial charge in [0.15, 0.2) is 0 Å². The van der Waals surface area contributed by atoms with Gasteiger partial charge < -0.3 is 11.1 Å². The molecule has 1 atom stereocenters. The Hall–Kier alpha value is -1.36. The number of carbonyl (C=O) groups excluding carboxylic acids is 1. The minimum Gasteiger partial charge on any atom is -0.399 e. The third-order valence-corrected chi connectivity index (χ3v) is 4.21. The Morgan fingerprint density at radius 3 is 2.50 bits per heavy atom. The lowest BCUT2D eigenvalue weighted by molar-refractivity contribution is -0.116. The summed E-state index contributed by atoms with van der Waals surface area (Å²) >= 11 is 0. The largest absolute Gasteiger partial charge is 0.399 e. The van der Waals surface area contributed by atoms with Crippen LogP contribution in [0.5, 0.6) is 0 Å². The standard InChI is InChI=1S/C13H20N2O2S/c1-10(2)18(17)9-3-4-13(16)15-12-7-5-11(14)6-8-12/h5-8,10H,3-4,9,14H2,1-2H3,(H,15,16). The van der Waals surface area contributed by atoms with E-state index in [0.29, 0.717) is 24.3 Å². The molecule has 0 aromatic heterocycles. The van der Waals surface area contributed by atoms with Crippen LogP contribution in [0.4, 0.5) is 11.4 Å². The van der Waals surface area contributed by atoms with Gasteiger partial charge in [0.1, 0.15) is 0 Å². The molecule has 0 fully saturated rings. The lowest BCUT2D eigenvalue weighted by Crippen LogP contribution is -2.15. The maximum absolute atomic E-state index is 11.6. The summed E-state index contributed by atoms with van der Waals surface area (Å²) in [5.41, 5.74) is 6.96. The highest BCUT2D eigenvalue weighted by Crippen LogP contribution is 2.11. The van der Waals surface area contributed by atoms with Crippen LogP contribution in [-0.2, 0) is 15.6 Å². The number of rotatable bonds is 6. The number of benzene rings is 1. The summed E-state index contributed by atoms with van der Waals surface area (Å²) in [6, 6.07) is 7.01. The van der Waals surface area contributed by atoms with E-state index < -0.39 is 10.8 Å². The Bertz CT molecular complexity index is 416. The van der Waals surface area contributed by atoms with Gasteiger partial charge in [-0.15, -0.1) is 0 Å². The smallest absolute Gasteiger partial charge is 0.224 e. The molecule has 1 rings (SSSR count). The minimum atomic E-state index is -0.834. The SMILES string of the molecule is CC(C)S(=O)CCCC(=O)Nc1ccc(N)cc1. The molecule has 0 saturated heterocycles. The summed E-state index contributed by atoms with van der Waals surface area (Å²) in [7, 11) is -0.834. The van der Waals surface area contributed by atoms with Crippen LogP contribution in [-0.4, -0.2) is 21.1 Å². The molecule has 1 unspecified atom stereocenters. The van der Waals surface area contributed by atoms with Crippen molar-refractivity contribution in [3.8, 4) is 0 Å². The maximum Gasteiger partial charge on any atom is 0.224 e. The van der Waals surface area contributed by atoms with E-state index in [4.69, 9.17) is 5.73 Å². The van der Waals surface area contributed by atoms with E-state index >= 15 is 0 Å². The van der Waals surface area contributed by atoms with E-state index in [1.807, 2.05) is 13.8 Å². The molecule has 100 valence electrons. The van der Waals surface area contributed by atoms with Crippen molar-refractivity contribution in [2.45, 2.75) is 31.9 Å². The van der Waals surface area contributed by atoms with Gasteiger partial charge >= 0.3 is 0 Å². The number of carbonyl (C=O) groups is 1. The number of nitrogens with two attached hydrogens (primary N) is 1. The molecule has 1 aromatic rings. The molecule has 18 heavy (non-hydrogen) atoms. The molecule has 1 amide bonds. The van der Waals surface area contributed by atoms with Gasteiger partial charge in [0.25, 0.3) is 0 Å². The van der Waals surface area contributed by atoms with Crippen LogP contribution in [0.2, 0.25) is 0 Å². The van der Waals surface area contributed by atoms with E-state index in [0.717, 1.165) is 5.69 Å². The number of hydrogen-bond acceptors (Lipinski definition) is 3. The van der Waals surface area contributed by atoms with E-state index in [-0.39, 0.29) is 11.2 Å². The molecule has 3 N–H and O–H groups in total. The van der Waals surface area contributed by atoms with Gasteiger partial charge in [-0.1, -0.05) is 13.8 Å². The minimum absolute atomic E-state index is 0.0551. The number of hydrogen-bond donors (Lipinski definition) is 2. The average Bonchev–Trinajstić information content (AvgIpc) is 2.32. The molecule has 0 aliphatic carbocycles. The van der Waals surface area contributed by atoms with Gasteiger partial charge in [-0.3, -0.25) is 9.00 Å². The van der Waals surface area contributed by atoms with Crippen LogP contribution in [0.3, 0.4) is 0 Å². The van der Waals surface area contributed by atoms with E-state index in [1.165, 1.54) is 0 Å². The number of nitrogen functional groups attached to an aromatic ring is 1. The van der Waals surface area contributed by atoms with Gasteiger partial charge in [0.2, 0.25) is 5.91 Å². The van der Waals surface area contributed by atoms with E-state index in [1.54, 1.807) is 24.3 Å². The highest BCUT2D eigenvalue weighted by Gasteiger charge is 2.07. The maximum atomic E-state index is 11.6. The zero-order chi connectivity index (χ0) is 13.5. The van der Waals surface area contributed by atoms with Crippen molar-refractivity contribution in [1.82, 2.24) is 0 Å². The zero-order valence-electron chi connectivity index (χ0n) is 10.8. The molecular weight excluding hydrogens is 248 g/mol. The zero-order valence-corrected chi connectivity index (χ0v) is 11.6. The molecule has 0 bridgehead atoms. The van der Waals surface area contributed by atoms with Crippen LogP contribution in [0.1, 0.15) is 26.7 Å². The van der Waals surface area contributed by atoms with Gasteiger partial charge in [-0.05, 0) is 30.7 Å². The van der Waals surface area contributed by atoms with Crippen LogP contribution < -0.4 is 11.1 Å². The third-order valence-electron chi connectivity index (χ3n) is 2.47. The molecular formula is C13H20N2O2S. The summed E-state index contributed by atoms with van der Waals surface area (Å²) in [6.07, 6.45) is 1.04. The highest BCUT2D eigenvalue weighted by atomic mass is 32.2. The molecule has 0 radical (unpaired) electrons. The Labute approximate surface area is 110 Å². The average molecular weight is 268 g/mol. The second-order valence-corrected chi connectivity index (χ2v) is 6.52. The molecule has 0 heterocycles. The Morgan fingerprint density at radius 2 is 1.94 bits per heavy atom. The van der Waals surface area contributed by atoms with Crippen molar-refractivity contribution < 1.29 is 9.00 Å². The molecule has 0 spiro atoms. The third kappa shape index (κ3) is 5.31. The summed E-state index contributed by atoms with van der Waals surface area (Å²) in [5, 5.41) is 2.94. The van der Waals surface area contributed by atoms with Crippen LogP contribution in [0.15, 0.2) is 24.3 Å². The highest BCUT2D eigenvalue weighted by molar-refractivity contribution is 7.85. The Balaban J connectivity index is 2.30. The molecule has 1 aromatic carbocycles. The normalized spacial score (nSPS) is 12.4. The van der Waals surface area contributed by atoms with Crippen molar-refractivity contribution in [3.05, 3.63) is 24.3 Å². The van der Waals surface area contributed by atoms with Gasteiger partial charge in [-0.25, -0.2) is 0 Å². The molecule has 5 heteroatoms. The first-order chi connectivity index (χ1) is 8.49. The van der Waals surface area contributed by atoms with Crippen molar-refractivity contribution in [2.24, 2.45) is 0 Å². The van der Waals surface area contributed by atoms with Crippen molar-refractivity contribution in [1.29, 1.82) is 0 Å². The van der Waals surface area contributed by atoms with Gasteiger partial charge in [0, 0.05) is 39.6 Å². The van der Waals surface area contributed by atoms with Crippen LogP contribution in [0.25, 0.3) is 0 Å². The second kappa shape index (κ2) is 7.16. The van der Waals surface area contributed by atoms with Crippen molar-refractivity contribution in [2.75, 3.05) is 16.8 Å².